The van der Waals surface area contributed by atoms with Gasteiger partial charge >= 0.3 is 0 Å². The summed E-state index contributed by atoms with van der Waals surface area (Å²) < 4.78 is 10.8. The molecule has 0 aliphatic carbocycles. The Kier molecular flexibility index (Phi) is 7.70. The fourth-order valence-corrected chi connectivity index (χ4v) is 1.82. The van der Waals surface area contributed by atoms with Crippen LogP contribution in [0.5, 0.6) is 0 Å². The minimum Gasteiger partial charge on any atom is -0.380 e. The molecule has 0 radical (unpaired) electrons. The van der Waals surface area contributed by atoms with Gasteiger partial charge in [0.05, 0.1) is 13.2 Å². The quantitative estimate of drug-likeness (QED) is 0.515. The molecular weight excluding hydrogens is 266 g/mol. The molecule has 0 spiro atoms. The van der Waals surface area contributed by atoms with E-state index in [2.05, 4.69) is 14.9 Å². The van der Waals surface area contributed by atoms with Gasteiger partial charge in [0.2, 0.25) is 5.28 Å². The summed E-state index contributed by atoms with van der Waals surface area (Å²) in [7, 11) is 0. The van der Waals surface area contributed by atoms with Crippen LogP contribution in [0.4, 0.5) is 5.82 Å². The number of aryl methyl sites for hydroxylation is 1. The molecule has 0 bridgehead atoms. The van der Waals surface area contributed by atoms with Crippen molar-refractivity contribution in [3.8, 4) is 0 Å². The van der Waals surface area contributed by atoms with Gasteiger partial charge in [0.15, 0.2) is 0 Å². The van der Waals surface area contributed by atoms with E-state index < -0.39 is 0 Å². The van der Waals surface area contributed by atoms with Crippen molar-refractivity contribution < 1.29 is 9.47 Å². The van der Waals surface area contributed by atoms with Crippen molar-refractivity contribution in [3.63, 3.8) is 0 Å². The largest absolute Gasteiger partial charge is 0.380 e. The van der Waals surface area contributed by atoms with Crippen LogP contribution >= 0.6 is 11.6 Å². The fourth-order valence-electron chi connectivity index (χ4n) is 1.69. The first-order valence-electron chi connectivity index (χ1n) is 6.58. The number of halogens is 1. The molecule has 1 rings (SSSR count). The van der Waals surface area contributed by atoms with Gasteiger partial charge in [-0.05, 0) is 32.4 Å². The predicted molar refractivity (Wildman–Crippen MR) is 77.0 cm³/mol. The van der Waals surface area contributed by atoms with Crippen molar-refractivity contribution in [3.05, 3.63) is 17.0 Å². The normalized spacial score (nSPS) is 10.7. The summed E-state index contributed by atoms with van der Waals surface area (Å²) >= 11 is 5.87. The second kappa shape index (κ2) is 9.07. The van der Waals surface area contributed by atoms with E-state index >= 15 is 0 Å². The summed E-state index contributed by atoms with van der Waals surface area (Å²) in [6, 6.07) is 0. The maximum absolute atomic E-state index is 5.87. The van der Waals surface area contributed by atoms with Crippen molar-refractivity contribution in [2.75, 3.05) is 44.4 Å². The van der Waals surface area contributed by atoms with Crippen molar-refractivity contribution in [2.45, 2.75) is 20.8 Å². The van der Waals surface area contributed by atoms with Gasteiger partial charge in [0, 0.05) is 38.1 Å². The molecule has 0 amide bonds. The molecule has 1 heterocycles. The molecule has 0 unspecified atom stereocenters. The first-order valence-corrected chi connectivity index (χ1v) is 6.96. The molecule has 19 heavy (non-hydrogen) atoms. The molecular formula is C13H22ClN3O2. The first kappa shape index (κ1) is 16.1. The number of ether oxygens (including phenoxy) is 2. The summed E-state index contributed by atoms with van der Waals surface area (Å²) in [5, 5.41) is 0.262. The van der Waals surface area contributed by atoms with Crippen LogP contribution in [-0.4, -0.2) is 49.5 Å². The molecule has 1 aromatic rings. The van der Waals surface area contributed by atoms with Gasteiger partial charge in [-0.1, -0.05) is 0 Å². The number of rotatable bonds is 9. The zero-order valence-electron chi connectivity index (χ0n) is 11.9. The molecule has 0 saturated carbocycles. The summed E-state index contributed by atoms with van der Waals surface area (Å²) in [6.45, 7) is 10.2. The van der Waals surface area contributed by atoms with Crippen molar-refractivity contribution in [2.24, 2.45) is 0 Å². The Balaban J connectivity index is 2.72. The standard InChI is InChI=1S/C13H22ClN3O2/c1-4-18-8-6-17(7-9-19-5-2)12-11(3)10-15-13(14)16-12/h10H,4-9H2,1-3H3. The van der Waals surface area contributed by atoms with Crippen LogP contribution in [0.15, 0.2) is 6.20 Å². The SMILES string of the molecule is CCOCCN(CCOCC)c1nc(Cl)ncc1C. The van der Waals surface area contributed by atoms with E-state index in [-0.39, 0.29) is 5.28 Å². The number of hydrogen-bond acceptors (Lipinski definition) is 5. The lowest BCUT2D eigenvalue weighted by Crippen LogP contribution is -2.32. The topological polar surface area (TPSA) is 47.5 Å². The second-order valence-corrected chi connectivity index (χ2v) is 4.36. The van der Waals surface area contributed by atoms with Crippen LogP contribution in [0.3, 0.4) is 0 Å². The van der Waals surface area contributed by atoms with Gasteiger partial charge in [0.1, 0.15) is 5.82 Å². The second-order valence-electron chi connectivity index (χ2n) is 4.03. The minimum absolute atomic E-state index is 0.262. The maximum atomic E-state index is 5.87. The van der Waals surface area contributed by atoms with Crippen LogP contribution in [0.2, 0.25) is 5.28 Å². The fraction of sp³-hybridized carbons (Fsp3) is 0.692. The van der Waals surface area contributed by atoms with Gasteiger partial charge in [-0.25, -0.2) is 9.97 Å². The number of anilines is 1. The Morgan fingerprint density at radius 2 is 1.74 bits per heavy atom. The molecule has 0 N–H and O–H groups in total. The molecule has 6 heteroatoms. The van der Waals surface area contributed by atoms with Gasteiger partial charge < -0.3 is 14.4 Å². The van der Waals surface area contributed by atoms with Crippen LogP contribution in [0.1, 0.15) is 19.4 Å². The van der Waals surface area contributed by atoms with Crippen LogP contribution in [-0.2, 0) is 9.47 Å². The Morgan fingerprint density at radius 3 is 2.26 bits per heavy atom. The Bertz CT molecular complexity index is 367. The minimum atomic E-state index is 0.262. The summed E-state index contributed by atoms with van der Waals surface area (Å²) in [6.07, 6.45) is 1.74. The number of aromatic nitrogens is 2. The monoisotopic (exact) mass is 287 g/mol. The highest BCUT2D eigenvalue weighted by molar-refractivity contribution is 6.28. The molecule has 0 saturated heterocycles. The van der Waals surface area contributed by atoms with E-state index in [0.717, 1.165) is 24.5 Å². The third kappa shape index (κ3) is 5.72. The van der Waals surface area contributed by atoms with E-state index in [4.69, 9.17) is 21.1 Å². The van der Waals surface area contributed by atoms with E-state index in [1.165, 1.54) is 0 Å². The third-order valence-electron chi connectivity index (χ3n) is 2.63. The first-order chi connectivity index (χ1) is 9.19. The average Bonchev–Trinajstić information content (AvgIpc) is 2.40. The number of hydrogen-bond donors (Lipinski definition) is 0. The van der Waals surface area contributed by atoms with Crippen molar-refractivity contribution in [1.29, 1.82) is 0 Å². The summed E-state index contributed by atoms with van der Waals surface area (Å²) in [4.78, 5) is 10.4. The predicted octanol–water partition coefficient (Wildman–Crippen LogP) is 2.32. The molecule has 1 aromatic heterocycles. The lowest BCUT2D eigenvalue weighted by Gasteiger charge is -2.24. The maximum Gasteiger partial charge on any atom is 0.224 e. The van der Waals surface area contributed by atoms with Crippen LogP contribution in [0, 0.1) is 6.92 Å². The highest BCUT2D eigenvalue weighted by atomic mass is 35.5. The highest BCUT2D eigenvalue weighted by Gasteiger charge is 2.12. The molecule has 0 fully saturated rings. The molecule has 108 valence electrons. The Morgan fingerprint density at radius 1 is 1.16 bits per heavy atom. The van der Waals surface area contributed by atoms with Gasteiger partial charge in [-0.15, -0.1) is 0 Å². The third-order valence-corrected chi connectivity index (χ3v) is 2.82. The van der Waals surface area contributed by atoms with E-state index in [0.29, 0.717) is 26.4 Å². The molecule has 5 nitrogen and oxygen atoms in total. The average molecular weight is 288 g/mol. The zero-order valence-corrected chi connectivity index (χ0v) is 12.6. The van der Waals surface area contributed by atoms with Gasteiger partial charge in [-0.3, -0.25) is 0 Å². The van der Waals surface area contributed by atoms with Gasteiger partial charge in [-0.2, -0.15) is 0 Å². The smallest absolute Gasteiger partial charge is 0.224 e. The molecule has 0 aliphatic rings. The van der Waals surface area contributed by atoms with Crippen LogP contribution < -0.4 is 4.90 Å². The van der Waals surface area contributed by atoms with E-state index in [1.54, 1.807) is 6.20 Å². The van der Waals surface area contributed by atoms with E-state index in [1.807, 2.05) is 20.8 Å². The Hall–Kier alpha value is -0.910. The van der Waals surface area contributed by atoms with Crippen molar-refractivity contribution >= 4 is 17.4 Å². The lowest BCUT2D eigenvalue weighted by molar-refractivity contribution is 0.141. The van der Waals surface area contributed by atoms with E-state index in [9.17, 15) is 0 Å². The van der Waals surface area contributed by atoms with Crippen molar-refractivity contribution in [1.82, 2.24) is 9.97 Å². The molecule has 0 aromatic carbocycles. The highest BCUT2D eigenvalue weighted by Crippen LogP contribution is 2.17. The zero-order chi connectivity index (χ0) is 14.1. The molecule has 0 atom stereocenters. The number of nitrogens with zero attached hydrogens (tertiary/aromatic N) is 3. The molecule has 0 aliphatic heterocycles. The van der Waals surface area contributed by atoms with Gasteiger partial charge in [0.25, 0.3) is 0 Å². The van der Waals surface area contributed by atoms with Crippen LogP contribution in [0.25, 0.3) is 0 Å². The Labute approximate surface area is 119 Å². The lowest BCUT2D eigenvalue weighted by atomic mass is 10.3. The summed E-state index contributed by atoms with van der Waals surface area (Å²) in [5.74, 6) is 0.847. The summed E-state index contributed by atoms with van der Waals surface area (Å²) in [5.41, 5.74) is 0.998.